The van der Waals surface area contributed by atoms with E-state index in [-0.39, 0.29) is 24.0 Å². The number of aliphatic imine (C=N–C) groups is 1. The minimum Gasteiger partial charge on any atom is -0.496 e. The Labute approximate surface area is 191 Å². The van der Waals surface area contributed by atoms with Crippen LogP contribution in [-0.4, -0.2) is 62.2 Å². The lowest BCUT2D eigenvalue weighted by atomic mass is 10.1. The maximum absolute atomic E-state index is 5.49. The summed E-state index contributed by atoms with van der Waals surface area (Å²) in [6.45, 7) is 9.61. The minimum absolute atomic E-state index is 0. The highest BCUT2D eigenvalue weighted by molar-refractivity contribution is 14.0. The van der Waals surface area contributed by atoms with Crippen molar-refractivity contribution in [2.75, 3.05) is 51.3 Å². The van der Waals surface area contributed by atoms with Crippen molar-refractivity contribution in [1.82, 2.24) is 15.2 Å². The van der Waals surface area contributed by atoms with Crippen molar-refractivity contribution in [3.63, 3.8) is 0 Å². The SMILES string of the molecule is CCNC(=NCCc1cc(C)ccc1OC)N1CCN(c2ccccn2)CC1.I. The number of methoxy groups -OCH3 is 1. The van der Waals surface area contributed by atoms with Crippen molar-refractivity contribution < 1.29 is 4.74 Å². The summed E-state index contributed by atoms with van der Waals surface area (Å²) in [5, 5.41) is 3.44. The van der Waals surface area contributed by atoms with Crippen LogP contribution in [0, 0.1) is 6.92 Å². The molecule has 0 atom stereocenters. The molecule has 0 saturated carbocycles. The van der Waals surface area contributed by atoms with Gasteiger partial charge >= 0.3 is 0 Å². The minimum atomic E-state index is 0. The first-order valence-electron chi connectivity index (χ1n) is 10.0. The summed E-state index contributed by atoms with van der Waals surface area (Å²) in [6, 6.07) is 12.4. The maximum Gasteiger partial charge on any atom is 0.194 e. The van der Waals surface area contributed by atoms with Crippen molar-refractivity contribution in [2.24, 2.45) is 4.99 Å². The molecule has 0 aliphatic carbocycles. The van der Waals surface area contributed by atoms with Crippen LogP contribution in [0.1, 0.15) is 18.1 Å². The van der Waals surface area contributed by atoms with Gasteiger partial charge in [0.1, 0.15) is 11.6 Å². The summed E-state index contributed by atoms with van der Waals surface area (Å²) in [7, 11) is 1.72. The number of ether oxygens (including phenoxy) is 1. The second-order valence-electron chi connectivity index (χ2n) is 6.96. The van der Waals surface area contributed by atoms with Crippen LogP contribution in [0.2, 0.25) is 0 Å². The molecular weight excluding hydrogens is 477 g/mol. The zero-order valence-electron chi connectivity index (χ0n) is 17.6. The third-order valence-corrected chi connectivity index (χ3v) is 4.97. The fraction of sp³-hybridized carbons (Fsp3) is 0.455. The fourth-order valence-electron chi connectivity index (χ4n) is 3.50. The molecule has 1 aromatic heterocycles. The largest absolute Gasteiger partial charge is 0.496 e. The molecule has 7 heteroatoms. The van der Waals surface area contributed by atoms with E-state index in [1.807, 2.05) is 24.4 Å². The molecule has 1 aliphatic rings. The summed E-state index contributed by atoms with van der Waals surface area (Å²) in [4.78, 5) is 14.0. The molecule has 29 heavy (non-hydrogen) atoms. The number of rotatable bonds is 6. The maximum atomic E-state index is 5.49. The molecule has 3 rings (SSSR count). The summed E-state index contributed by atoms with van der Waals surface area (Å²) in [6.07, 6.45) is 2.72. The molecule has 2 aromatic rings. The molecular formula is C22H32IN5O. The average Bonchev–Trinajstić information content (AvgIpc) is 2.74. The van der Waals surface area contributed by atoms with E-state index in [9.17, 15) is 0 Å². The van der Waals surface area contributed by atoms with Gasteiger partial charge in [-0.25, -0.2) is 4.98 Å². The highest BCUT2D eigenvalue weighted by Crippen LogP contribution is 2.20. The van der Waals surface area contributed by atoms with Crippen molar-refractivity contribution >= 4 is 35.8 Å². The van der Waals surface area contributed by atoms with Crippen LogP contribution >= 0.6 is 24.0 Å². The fourth-order valence-corrected chi connectivity index (χ4v) is 3.50. The molecule has 0 unspecified atom stereocenters. The van der Waals surface area contributed by atoms with E-state index in [1.54, 1.807) is 7.11 Å². The van der Waals surface area contributed by atoms with Crippen LogP contribution in [0.5, 0.6) is 5.75 Å². The van der Waals surface area contributed by atoms with Gasteiger partial charge in [-0.1, -0.05) is 23.8 Å². The number of aryl methyl sites for hydroxylation is 1. The smallest absolute Gasteiger partial charge is 0.194 e. The monoisotopic (exact) mass is 509 g/mol. The number of pyridine rings is 1. The van der Waals surface area contributed by atoms with Gasteiger partial charge in [-0.05, 0) is 44.0 Å². The second-order valence-corrected chi connectivity index (χ2v) is 6.96. The number of nitrogens with zero attached hydrogens (tertiary/aromatic N) is 4. The lowest BCUT2D eigenvalue weighted by molar-refractivity contribution is 0.371. The Kier molecular flexibility index (Phi) is 9.50. The summed E-state index contributed by atoms with van der Waals surface area (Å²) < 4.78 is 5.49. The van der Waals surface area contributed by atoms with Crippen LogP contribution in [0.25, 0.3) is 0 Å². The quantitative estimate of drug-likeness (QED) is 0.368. The lowest BCUT2D eigenvalue weighted by Gasteiger charge is -2.37. The van der Waals surface area contributed by atoms with Gasteiger partial charge in [0.2, 0.25) is 0 Å². The van der Waals surface area contributed by atoms with Gasteiger partial charge in [0.15, 0.2) is 5.96 Å². The topological polar surface area (TPSA) is 53.0 Å². The molecule has 2 heterocycles. The summed E-state index contributed by atoms with van der Waals surface area (Å²) in [5.74, 6) is 2.99. The third kappa shape index (κ3) is 6.48. The molecule has 6 nitrogen and oxygen atoms in total. The molecule has 1 saturated heterocycles. The van der Waals surface area contributed by atoms with Crippen LogP contribution in [0.4, 0.5) is 5.82 Å². The van der Waals surface area contributed by atoms with E-state index in [0.29, 0.717) is 0 Å². The first-order valence-corrected chi connectivity index (χ1v) is 10.0. The van der Waals surface area contributed by atoms with Gasteiger partial charge in [0.25, 0.3) is 0 Å². The van der Waals surface area contributed by atoms with E-state index >= 15 is 0 Å². The van der Waals surface area contributed by atoms with Crippen LogP contribution in [0.15, 0.2) is 47.6 Å². The predicted molar refractivity (Wildman–Crippen MR) is 131 cm³/mol. The number of aromatic nitrogens is 1. The Bertz CT molecular complexity index is 776. The second kappa shape index (κ2) is 11.8. The number of hydrogen-bond donors (Lipinski definition) is 1. The number of halogens is 1. The van der Waals surface area contributed by atoms with Gasteiger partial charge in [0.05, 0.1) is 7.11 Å². The van der Waals surface area contributed by atoms with E-state index in [4.69, 9.17) is 9.73 Å². The Morgan fingerprint density at radius 1 is 1.17 bits per heavy atom. The number of piperazine rings is 1. The predicted octanol–water partition coefficient (Wildman–Crippen LogP) is 3.35. The first kappa shape index (κ1) is 23.3. The van der Waals surface area contributed by atoms with Crippen molar-refractivity contribution in [3.05, 3.63) is 53.7 Å². The number of nitrogens with one attached hydrogen (secondary N) is 1. The first-order chi connectivity index (χ1) is 13.7. The number of guanidine groups is 1. The molecule has 1 fully saturated rings. The highest BCUT2D eigenvalue weighted by atomic mass is 127. The Balaban J connectivity index is 0.00000300. The van der Waals surface area contributed by atoms with Crippen molar-refractivity contribution in [2.45, 2.75) is 20.3 Å². The van der Waals surface area contributed by atoms with Crippen LogP contribution in [-0.2, 0) is 6.42 Å². The normalized spacial score (nSPS) is 14.4. The molecule has 0 bridgehead atoms. The standard InChI is InChI=1S/C22H31N5O.HI/c1-4-23-22(25-12-10-19-17-18(2)8-9-20(19)28-3)27-15-13-26(14-16-27)21-7-5-6-11-24-21;/h5-9,11,17H,4,10,12-16H2,1-3H3,(H,23,25);1H. The lowest BCUT2D eigenvalue weighted by Crippen LogP contribution is -2.52. The Morgan fingerprint density at radius 3 is 2.62 bits per heavy atom. The van der Waals surface area contributed by atoms with Gasteiger partial charge in [-0.2, -0.15) is 0 Å². The van der Waals surface area contributed by atoms with E-state index in [1.165, 1.54) is 11.1 Å². The van der Waals surface area contributed by atoms with Gasteiger partial charge in [-0.15, -0.1) is 24.0 Å². The summed E-state index contributed by atoms with van der Waals surface area (Å²) in [5.41, 5.74) is 2.46. The number of anilines is 1. The summed E-state index contributed by atoms with van der Waals surface area (Å²) >= 11 is 0. The highest BCUT2D eigenvalue weighted by Gasteiger charge is 2.20. The number of benzene rings is 1. The van der Waals surface area contributed by atoms with Crippen LogP contribution in [0.3, 0.4) is 0 Å². The molecule has 0 radical (unpaired) electrons. The van der Waals surface area contributed by atoms with Crippen molar-refractivity contribution in [3.8, 4) is 5.75 Å². The molecule has 1 N–H and O–H groups in total. The van der Waals surface area contributed by atoms with E-state index in [2.05, 4.69) is 52.1 Å². The third-order valence-electron chi connectivity index (χ3n) is 4.97. The van der Waals surface area contributed by atoms with Gasteiger partial charge in [0, 0.05) is 45.5 Å². The molecule has 158 valence electrons. The Morgan fingerprint density at radius 2 is 1.97 bits per heavy atom. The van der Waals surface area contributed by atoms with Crippen molar-refractivity contribution in [1.29, 1.82) is 0 Å². The Hall–Kier alpha value is -2.03. The van der Waals surface area contributed by atoms with E-state index < -0.39 is 0 Å². The molecule has 1 aromatic carbocycles. The van der Waals surface area contributed by atoms with Gasteiger partial charge < -0.3 is 19.9 Å². The molecule has 0 spiro atoms. The average molecular weight is 509 g/mol. The number of hydrogen-bond acceptors (Lipinski definition) is 4. The molecule has 0 amide bonds. The van der Waals surface area contributed by atoms with Crippen LogP contribution < -0.4 is 15.0 Å². The molecule has 1 aliphatic heterocycles. The van der Waals surface area contributed by atoms with E-state index in [0.717, 1.165) is 63.2 Å². The zero-order valence-corrected chi connectivity index (χ0v) is 19.9. The zero-order chi connectivity index (χ0) is 19.8. The van der Waals surface area contributed by atoms with Gasteiger partial charge in [-0.3, -0.25) is 4.99 Å².